The Bertz CT molecular complexity index is 1020. The fraction of sp³-hybridized carbons (Fsp3) is 0.621. The molecule has 0 aromatic heterocycles. The van der Waals surface area contributed by atoms with Crippen LogP contribution in [0.3, 0.4) is 0 Å². The molecule has 2 aromatic rings. The molecular weight excluding hydrogens is 446 g/mol. The second kappa shape index (κ2) is 10.1. The standard InChI is InChI=1S/C29H38ClNO3/c1-3-19-7-11-25(12-8-19)34-27-14-10-21-15-20(9-13-26(21)28(27)30)18(2)31-23-5-4-6-24(31)17-22(16-23)29(32)33/h9-10,13-15,18-19,22-25H,3-8,11-12,16-17H2,1-2H3,(H,32,33)/t18-,19-,22?,23?,24?,25+/m0/s1. The van der Waals surface area contributed by atoms with Gasteiger partial charge in [0.2, 0.25) is 0 Å². The number of ether oxygens (including phenoxy) is 1. The van der Waals surface area contributed by atoms with Crippen molar-refractivity contribution >= 4 is 28.3 Å². The maximum absolute atomic E-state index is 11.7. The Morgan fingerprint density at radius 2 is 1.79 bits per heavy atom. The number of nitrogens with zero attached hydrogens (tertiary/aromatic N) is 1. The lowest BCUT2D eigenvalue weighted by Gasteiger charge is -2.51. The Balaban J connectivity index is 1.33. The number of carboxylic acid groups (broad SMARTS) is 1. The molecule has 3 fully saturated rings. The molecule has 0 radical (unpaired) electrons. The van der Waals surface area contributed by atoms with Crippen LogP contribution in [0.4, 0.5) is 0 Å². The molecule has 2 aromatic carbocycles. The summed E-state index contributed by atoms with van der Waals surface area (Å²) in [5.41, 5.74) is 1.28. The van der Waals surface area contributed by atoms with Gasteiger partial charge in [-0.25, -0.2) is 0 Å². The first-order chi connectivity index (χ1) is 16.4. The highest BCUT2D eigenvalue weighted by Crippen LogP contribution is 2.43. The van der Waals surface area contributed by atoms with Gasteiger partial charge in [-0.1, -0.05) is 49.6 Å². The zero-order valence-corrected chi connectivity index (χ0v) is 21.3. The van der Waals surface area contributed by atoms with Crippen LogP contribution in [0.2, 0.25) is 5.02 Å². The smallest absolute Gasteiger partial charge is 0.306 e. The lowest BCUT2D eigenvalue weighted by molar-refractivity contribution is -0.147. The van der Waals surface area contributed by atoms with Crippen molar-refractivity contribution in [2.24, 2.45) is 11.8 Å². The van der Waals surface area contributed by atoms with Crippen molar-refractivity contribution < 1.29 is 14.6 Å². The van der Waals surface area contributed by atoms with E-state index in [9.17, 15) is 9.90 Å². The molecule has 2 aliphatic heterocycles. The Kier molecular flexibility index (Phi) is 7.09. The van der Waals surface area contributed by atoms with Gasteiger partial charge in [0.15, 0.2) is 0 Å². The number of benzene rings is 2. The number of piperidine rings is 2. The first-order valence-electron chi connectivity index (χ1n) is 13.3. The summed E-state index contributed by atoms with van der Waals surface area (Å²) in [6, 6.07) is 11.8. The van der Waals surface area contributed by atoms with E-state index in [2.05, 4.69) is 43.0 Å². The predicted molar refractivity (Wildman–Crippen MR) is 138 cm³/mol. The third-order valence-corrected chi connectivity index (χ3v) is 9.31. The van der Waals surface area contributed by atoms with Crippen molar-refractivity contribution in [3.8, 4) is 5.75 Å². The number of carboxylic acids is 1. The van der Waals surface area contributed by atoms with Crippen LogP contribution in [0.15, 0.2) is 30.3 Å². The molecule has 3 aliphatic rings. The van der Waals surface area contributed by atoms with E-state index in [1.807, 2.05) is 6.07 Å². The Morgan fingerprint density at radius 1 is 1.09 bits per heavy atom. The molecule has 5 heteroatoms. The molecule has 4 nitrogen and oxygen atoms in total. The monoisotopic (exact) mass is 483 g/mol. The summed E-state index contributed by atoms with van der Waals surface area (Å²) in [6.45, 7) is 4.56. The molecule has 0 spiro atoms. The molecule has 2 heterocycles. The average molecular weight is 484 g/mol. The van der Waals surface area contributed by atoms with Crippen molar-refractivity contribution in [1.82, 2.24) is 4.90 Å². The summed E-state index contributed by atoms with van der Waals surface area (Å²) < 4.78 is 6.35. The van der Waals surface area contributed by atoms with Crippen LogP contribution >= 0.6 is 11.6 Å². The fourth-order valence-electron chi connectivity index (χ4n) is 6.90. The molecule has 1 aliphatic carbocycles. The molecule has 0 amide bonds. The highest BCUT2D eigenvalue weighted by atomic mass is 35.5. The SMILES string of the molecule is CC[C@H]1CC[C@@H](Oc2ccc3cc([C@H](C)N4C5CCCC4CC(C(=O)O)C5)ccc3c2Cl)CC1. The van der Waals surface area contributed by atoms with Gasteiger partial charge < -0.3 is 9.84 Å². The summed E-state index contributed by atoms with van der Waals surface area (Å²) >= 11 is 6.83. The molecule has 34 heavy (non-hydrogen) atoms. The summed E-state index contributed by atoms with van der Waals surface area (Å²) in [4.78, 5) is 14.3. The van der Waals surface area contributed by atoms with Crippen LogP contribution in [-0.2, 0) is 4.79 Å². The molecule has 184 valence electrons. The van der Waals surface area contributed by atoms with Gasteiger partial charge in [-0.15, -0.1) is 0 Å². The summed E-state index contributed by atoms with van der Waals surface area (Å²) in [5.74, 6) is 0.840. The highest BCUT2D eigenvalue weighted by molar-refractivity contribution is 6.37. The van der Waals surface area contributed by atoms with Gasteiger partial charge >= 0.3 is 5.97 Å². The van der Waals surface area contributed by atoms with Crippen molar-refractivity contribution in [2.45, 2.75) is 102 Å². The van der Waals surface area contributed by atoms with Crippen LogP contribution in [0.25, 0.3) is 10.8 Å². The maximum Gasteiger partial charge on any atom is 0.306 e. The van der Waals surface area contributed by atoms with E-state index in [1.54, 1.807) is 0 Å². The van der Waals surface area contributed by atoms with E-state index in [-0.39, 0.29) is 18.1 Å². The number of rotatable bonds is 6. The van der Waals surface area contributed by atoms with Gasteiger partial charge in [0, 0.05) is 23.5 Å². The Labute approximate surface area is 208 Å². The molecule has 2 unspecified atom stereocenters. The topological polar surface area (TPSA) is 49.8 Å². The normalized spacial score (nSPS) is 30.7. The van der Waals surface area contributed by atoms with E-state index in [4.69, 9.17) is 16.3 Å². The van der Waals surface area contributed by atoms with Crippen molar-refractivity contribution in [3.05, 3.63) is 40.9 Å². The van der Waals surface area contributed by atoms with Gasteiger partial charge in [-0.2, -0.15) is 0 Å². The average Bonchev–Trinajstić information content (AvgIpc) is 2.84. The molecule has 1 N–H and O–H groups in total. The van der Waals surface area contributed by atoms with Crippen LogP contribution < -0.4 is 4.74 Å². The lowest BCUT2D eigenvalue weighted by atomic mass is 9.77. The molecule has 2 bridgehead atoms. The number of hydrogen-bond donors (Lipinski definition) is 1. The minimum atomic E-state index is -0.624. The van der Waals surface area contributed by atoms with Gasteiger partial charge in [0.25, 0.3) is 0 Å². The number of halogens is 1. The number of hydrogen-bond acceptors (Lipinski definition) is 3. The number of fused-ring (bicyclic) bond motifs is 3. The molecule has 3 atom stereocenters. The largest absolute Gasteiger partial charge is 0.489 e. The quantitative estimate of drug-likeness (QED) is 0.459. The van der Waals surface area contributed by atoms with Gasteiger partial charge in [0.05, 0.1) is 17.0 Å². The zero-order chi connectivity index (χ0) is 23.8. The zero-order valence-electron chi connectivity index (χ0n) is 20.5. The first kappa shape index (κ1) is 23.9. The highest BCUT2D eigenvalue weighted by Gasteiger charge is 2.42. The molecule has 2 saturated heterocycles. The van der Waals surface area contributed by atoms with Crippen LogP contribution in [0.5, 0.6) is 5.75 Å². The van der Waals surface area contributed by atoms with Crippen LogP contribution in [-0.4, -0.2) is 34.2 Å². The Hall–Kier alpha value is -1.78. The third kappa shape index (κ3) is 4.68. The molecule has 5 rings (SSSR count). The maximum atomic E-state index is 11.7. The fourth-order valence-corrected chi connectivity index (χ4v) is 7.18. The van der Waals surface area contributed by atoms with Crippen molar-refractivity contribution in [2.75, 3.05) is 0 Å². The first-order valence-corrected chi connectivity index (χ1v) is 13.7. The van der Waals surface area contributed by atoms with Crippen LogP contribution in [0, 0.1) is 11.8 Å². The number of carbonyl (C=O) groups is 1. The van der Waals surface area contributed by atoms with Crippen molar-refractivity contribution in [3.63, 3.8) is 0 Å². The van der Waals surface area contributed by atoms with Crippen molar-refractivity contribution in [1.29, 1.82) is 0 Å². The summed E-state index contributed by atoms with van der Waals surface area (Å²) in [7, 11) is 0. The van der Waals surface area contributed by atoms with Gasteiger partial charge in [0.1, 0.15) is 5.75 Å². The van der Waals surface area contributed by atoms with Gasteiger partial charge in [-0.05, 0) is 87.3 Å². The molecule has 1 saturated carbocycles. The van der Waals surface area contributed by atoms with Gasteiger partial charge in [-0.3, -0.25) is 9.69 Å². The second-order valence-electron chi connectivity index (χ2n) is 10.9. The minimum Gasteiger partial charge on any atom is -0.489 e. The lowest BCUT2D eigenvalue weighted by Crippen LogP contribution is -2.53. The van der Waals surface area contributed by atoms with E-state index in [0.717, 1.165) is 61.0 Å². The van der Waals surface area contributed by atoms with E-state index >= 15 is 0 Å². The second-order valence-corrected chi connectivity index (χ2v) is 11.3. The minimum absolute atomic E-state index is 0.190. The molecular formula is C29H38ClNO3. The van der Waals surface area contributed by atoms with E-state index < -0.39 is 5.97 Å². The summed E-state index contributed by atoms with van der Waals surface area (Å²) in [5, 5.41) is 12.5. The van der Waals surface area contributed by atoms with E-state index in [1.165, 1.54) is 31.2 Å². The predicted octanol–water partition coefficient (Wildman–Crippen LogP) is 7.62. The Morgan fingerprint density at radius 3 is 2.44 bits per heavy atom. The van der Waals surface area contributed by atoms with E-state index in [0.29, 0.717) is 17.1 Å². The van der Waals surface area contributed by atoms with Crippen LogP contribution in [0.1, 0.15) is 89.7 Å². The summed E-state index contributed by atoms with van der Waals surface area (Å²) in [6.07, 6.45) is 11.2. The number of aliphatic carboxylic acids is 1. The third-order valence-electron chi connectivity index (χ3n) is 8.92.